The summed E-state index contributed by atoms with van der Waals surface area (Å²) < 4.78 is 0. The van der Waals surface area contributed by atoms with Crippen LogP contribution in [0, 0.1) is 20.8 Å². The molecule has 1 atom stereocenters. The molecule has 154 valence electrons. The number of benzene rings is 3. The molecule has 5 nitrogen and oxygen atoms in total. The van der Waals surface area contributed by atoms with Gasteiger partial charge in [-0.2, -0.15) is 0 Å². The van der Waals surface area contributed by atoms with E-state index >= 15 is 0 Å². The monoisotopic (exact) mass is 427 g/mol. The summed E-state index contributed by atoms with van der Waals surface area (Å²) in [6, 6.07) is 17.6. The van der Waals surface area contributed by atoms with Gasteiger partial charge in [0.05, 0.1) is 11.2 Å². The Balaban J connectivity index is 1.49. The van der Waals surface area contributed by atoms with Crippen molar-refractivity contribution in [2.75, 3.05) is 4.90 Å². The van der Waals surface area contributed by atoms with Gasteiger partial charge in [-0.15, -0.1) is 0 Å². The molecule has 0 N–H and O–H groups in total. The van der Waals surface area contributed by atoms with Gasteiger partial charge in [-0.05, 0) is 43.9 Å². The molecular weight excluding hydrogens is 406 g/mol. The van der Waals surface area contributed by atoms with Crippen LogP contribution in [0.4, 0.5) is 5.69 Å². The van der Waals surface area contributed by atoms with E-state index in [2.05, 4.69) is 24.0 Å². The Bertz CT molecular complexity index is 1380. The number of fused-ring (bicyclic) bond motifs is 2. The molecule has 0 saturated carbocycles. The summed E-state index contributed by atoms with van der Waals surface area (Å²) in [6.45, 7) is 6.04. The van der Waals surface area contributed by atoms with Crippen molar-refractivity contribution >= 4 is 50.9 Å². The number of rotatable bonds is 3. The van der Waals surface area contributed by atoms with Crippen molar-refractivity contribution in [2.24, 2.45) is 0 Å². The highest BCUT2D eigenvalue weighted by molar-refractivity contribution is 8.00. The minimum atomic E-state index is -0.533. The zero-order valence-corrected chi connectivity index (χ0v) is 18.4. The zero-order chi connectivity index (χ0) is 21.7. The van der Waals surface area contributed by atoms with E-state index in [1.807, 2.05) is 56.3 Å². The first-order valence-electron chi connectivity index (χ1n) is 10.2. The molecule has 3 aromatic carbocycles. The number of amides is 2. The quantitative estimate of drug-likeness (QED) is 0.335. The number of anilines is 1. The maximum Gasteiger partial charge on any atom is 0.247 e. The Morgan fingerprint density at radius 2 is 1.71 bits per heavy atom. The smallest absolute Gasteiger partial charge is 0.247 e. The van der Waals surface area contributed by atoms with E-state index in [4.69, 9.17) is 4.98 Å². The van der Waals surface area contributed by atoms with Crippen molar-refractivity contribution in [1.29, 1.82) is 0 Å². The van der Waals surface area contributed by atoms with Crippen LogP contribution in [0.25, 0.3) is 21.7 Å². The molecule has 1 aliphatic rings. The first-order chi connectivity index (χ1) is 14.9. The maximum absolute atomic E-state index is 13.3. The van der Waals surface area contributed by atoms with Crippen LogP contribution in [-0.2, 0) is 9.59 Å². The number of aryl methyl sites for hydroxylation is 3. The van der Waals surface area contributed by atoms with Crippen LogP contribution in [0.15, 0.2) is 59.8 Å². The van der Waals surface area contributed by atoms with Gasteiger partial charge in [-0.25, -0.2) is 14.9 Å². The lowest BCUT2D eigenvalue weighted by atomic mass is 10.1. The topological polar surface area (TPSA) is 63.2 Å². The summed E-state index contributed by atoms with van der Waals surface area (Å²) in [5, 5.41) is 2.90. The number of thioether (sulfide) groups is 1. The van der Waals surface area contributed by atoms with Gasteiger partial charge in [-0.3, -0.25) is 9.59 Å². The molecule has 0 bridgehead atoms. The molecule has 31 heavy (non-hydrogen) atoms. The minimum Gasteiger partial charge on any atom is -0.274 e. The number of carbonyl (C=O) groups excluding carboxylic acids is 2. The van der Waals surface area contributed by atoms with Crippen molar-refractivity contribution in [1.82, 2.24) is 9.97 Å². The number of hydrogen-bond donors (Lipinski definition) is 0. The number of carbonyl (C=O) groups is 2. The highest BCUT2D eigenvalue weighted by Gasteiger charge is 2.41. The third kappa shape index (κ3) is 3.37. The van der Waals surface area contributed by atoms with E-state index in [-0.39, 0.29) is 18.2 Å². The molecule has 4 aromatic rings. The van der Waals surface area contributed by atoms with Crippen LogP contribution in [0.1, 0.15) is 23.2 Å². The predicted octanol–water partition coefficient (Wildman–Crippen LogP) is 5.13. The second-order valence-corrected chi connectivity index (χ2v) is 9.12. The zero-order valence-electron chi connectivity index (χ0n) is 17.5. The number of imide groups is 1. The van der Waals surface area contributed by atoms with Crippen molar-refractivity contribution in [3.05, 3.63) is 71.4 Å². The molecule has 0 radical (unpaired) electrons. The van der Waals surface area contributed by atoms with Crippen LogP contribution in [0.2, 0.25) is 0 Å². The highest BCUT2D eigenvalue weighted by Crippen LogP contribution is 2.36. The lowest BCUT2D eigenvalue weighted by Crippen LogP contribution is -2.31. The normalized spacial score (nSPS) is 16.6. The average molecular weight is 428 g/mol. The van der Waals surface area contributed by atoms with Crippen LogP contribution in [-0.4, -0.2) is 27.0 Å². The van der Waals surface area contributed by atoms with Crippen LogP contribution < -0.4 is 4.90 Å². The van der Waals surface area contributed by atoms with Crippen LogP contribution >= 0.6 is 11.8 Å². The Labute approximate surface area is 184 Å². The Morgan fingerprint density at radius 1 is 0.935 bits per heavy atom. The molecule has 2 heterocycles. The molecule has 5 rings (SSSR count). The minimum absolute atomic E-state index is 0.139. The van der Waals surface area contributed by atoms with Gasteiger partial charge < -0.3 is 0 Å². The summed E-state index contributed by atoms with van der Waals surface area (Å²) in [5.41, 5.74) is 4.65. The first-order valence-corrected chi connectivity index (χ1v) is 11.1. The van der Waals surface area contributed by atoms with Crippen molar-refractivity contribution in [3.63, 3.8) is 0 Å². The molecular formula is C25H21N3O2S. The van der Waals surface area contributed by atoms with Gasteiger partial charge in [0.15, 0.2) is 5.16 Å². The molecule has 2 amide bonds. The van der Waals surface area contributed by atoms with Gasteiger partial charge >= 0.3 is 0 Å². The molecule has 0 aliphatic carbocycles. The molecule has 1 aliphatic heterocycles. The van der Waals surface area contributed by atoms with E-state index in [0.29, 0.717) is 10.8 Å². The fraction of sp³-hybridized carbons (Fsp3) is 0.200. The summed E-state index contributed by atoms with van der Waals surface area (Å²) in [7, 11) is 0. The Kier molecular flexibility index (Phi) is 4.74. The van der Waals surface area contributed by atoms with Crippen molar-refractivity contribution in [3.8, 4) is 0 Å². The van der Waals surface area contributed by atoms with E-state index in [9.17, 15) is 9.59 Å². The standard InChI is InChI=1S/C25H21N3O2S/c1-14-11-15(2)23-19(12-14)16(3)26-25(27-23)31-21-13-22(29)28(24(21)30)20-10-6-8-17-7-4-5-9-18(17)20/h4-12,21H,13H2,1-3H3/t21-/m1/s1. The van der Waals surface area contributed by atoms with E-state index in [1.54, 1.807) is 0 Å². The second-order valence-electron chi connectivity index (χ2n) is 7.95. The van der Waals surface area contributed by atoms with E-state index in [0.717, 1.165) is 32.9 Å². The fourth-order valence-electron chi connectivity index (χ4n) is 4.24. The highest BCUT2D eigenvalue weighted by atomic mass is 32.2. The average Bonchev–Trinajstić information content (AvgIpc) is 3.01. The van der Waals surface area contributed by atoms with Crippen molar-refractivity contribution in [2.45, 2.75) is 37.6 Å². The molecule has 0 unspecified atom stereocenters. The number of hydrogen-bond acceptors (Lipinski definition) is 5. The maximum atomic E-state index is 13.3. The first kappa shape index (κ1) is 19.7. The molecule has 0 spiro atoms. The lowest BCUT2D eigenvalue weighted by molar-refractivity contribution is -0.121. The van der Waals surface area contributed by atoms with Crippen molar-refractivity contribution < 1.29 is 9.59 Å². The molecule has 1 fully saturated rings. The Hall–Kier alpha value is -3.25. The number of nitrogens with zero attached hydrogens (tertiary/aromatic N) is 3. The van der Waals surface area contributed by atoms with E-state index in [1.165, 1.54) is 22.2 Å². The predicted molar refractivity (Wildman–Crippen MR) is 124 cm³/mol. The molecule has 6 heteroatoms. The summed E-state index contributed by atoms with van der Waals surface area (Å²) in [4.78, 5) is 36.8. The van der Waals surface area contributed by atoms with E-state index < -0.39 is 5.25 Å². The summed E-state index contributed by atoms with van der Waals surface area (Å²) in [6.07, 6.45) is 0.139. The van der Waals surface area contributed by atoms with Crippen LogP contribution in [0.3, 0.4) is 0 Å². The summed E-state index contributed by atoms with van der Waals surface area (Å²) in [5.74, 6) is -0.406. The third-order valence-electron chi connectivity index (χ3n) is 5.67. The fourth-order valence-corrected chi connectivity index (χ4v) is 5.26. The SMILES string of the molecule is Cc1cc(C)c2nc(S[C@@H]3CC(=O)N(c4cccc5ccccc45)C3=O)nc(C)c2c1. The number of aromatic nitrogens is 2. The van der Waals surface area contributed by atoms with Gasteiger partial charge in [0.2, 0.25) is 11.8 Å². The van der Waals surface area contributed by atoms with Crippen LogP contribution in [0.5, 0.6) is 0 Å². The van der Waals surface area contributed by atoms with Gasteiger partial charge in [0.1, 0.15) is 5.25 Å². The summed E-state index contributed by atoms with van der Waals surface area (Å²) >= 11 is 1.27. The third-order valence-corrected chi connectivity index (χ3v) is 6.71. The second kappa shape index (κ2) is 7.46. The molecule has 1 aromatic heterocycles. The van der Waals surface area contributed by atoms with Gasteiger partial charge in [0, 0.05) is 22.9 Å². The lowest BCUT2D eigenvalue weighted by Gasteiger charge is -2.17. The van der Waals surface area contributed by atoms with Gasteiger partial charge in [0.25, 0.3) is 0 Å². The van der Waals surface area contributed by atoms with Gasteiger partial charge in [-0.1, -0.05) is 59.8 Å². The largest absolute Gasteiger partial charge is 0.274 e. The Morgan fingerprint density at radius 3 is 2.55 bits per heavy atom. The molecule has 1 saturated heterocycles.